The SMILES string of the molecule is C=CCCCC(I)[Si](C)(C)c1ccccc1. The van der Waals surface area contributed by atoms with Crippen LogP contribution < -0.4 is 5.19 Å². The molecule has 0 bridgehead atoms. The molecule has 1 aromatic carbocycles. The van der Waals surface area contributed by atoms with Crippen LogP contribution in [-0.2, 0) is 0 Å². The molecule has 0 aliphatic heterocycles. The Hall–Kier alpha value is -0.0931. The van der Waals surface area contributed by atoms with E-state index in [4.69, 9.17) is 0 Å². The van der Waals surface area contributed by atoms with Crippen LogP contribution >= 0.6 is 22.6 Å². The Morgan fingerprint density at radius 2 is 1.94 bits per heavy atom. The third kappa shape index (κ3) is 3.73. The van der Waals surface area contributed by atoms with Gasteiger partial charge in [-0.05, 0) is 19.3 Å². The molecule has 0 aliphatic carbocycles. The van der Waals surface area contributed by atoms with Crippen LogP contribution in [0.15, 0.2) is 43.0 Å². The fraction of sp³-hybridized carbons (Fsp3) is 0.429. The number of halogens is 1. The number of benzene rings is 1. The first kappa shape index (κ1) is 14.0. The molecule has 16 heavy (non-hydrogen) atoms. The molecule has 0 spiro atoms. The summed E-state index contributed by atoms with van der Waals surface area (Å²) in [7, 11) is -1.28. The van der Waals surface area contributed by atoms with Crippen molar-refractivity contribution in [3.63, 3.8) is 0 Å². The van der Waals surface area contributed by atoms with Gasteiger partial charge in [0.05, 0.1) is 8.07 Å². The standard InChI is InChI=1S/C14H21ISi/c1-4-5-7-12-14(15)16(2,3)13-10-8-6-9-11-13/h4,6,8-11,14H,1,5,7,12H2,2-3H3. The molecule has 1 aromatic rings. The van der Waals surface area contributed by atoms with E-state index < -0.39 is 8.07 Å². The summed E-state index contributed by atoms with van der Waals surface area (Å²) in [4.78, 5) is 0. The molecule has 88 valence electrons. The Morgan fingerprint density at radius 1 is 1.31 bits per heavy atom. The lowest BCUT2D eigenvalue weighted by Gasteiger charge is -2.29. The predicted octanol–water partition coefficient (Wildman–Crippen LogP) is 4.30. The van der Waals surface area contributed by atoms with Crippen molar-refractivity contribution in [2.75, 3.05) is 0 Å². The van der Waals surface area contributed by atoms with Gasteiger partial charge >= 0.3 is 0 Å². The third-order valence-corrected chi connectivity index (χ3v) is 12.1. The van der Waals surface area contributed by atoms with Crippen molar-refractivity contribution in [1.82, 2.24) is 0 Å². The average Bonchev–Trinajstić information content (AvgIpc) is 2.30. The van der Waals surface area contributed by atoms with Crippen LogP contribution in [0.5, 0.6) is 0 Å². The molecular formula is C14H21ISi. The van der Waals surface area contributed by atoms with Gasteiger partial charge in [0.15, 0.2) is 0 Å². The molecule has 2 heteroatoms. The van der Waals surface area contributed by atoms with Gasteiger partial charge < -0.3 is 0 Å². The van der Waals surface area contributed by atoms with Crippen molar-refractivity contribution in [3.05, 3.63) is 43.0 Å². The van der Waals surface area contributed by atoms with Crippen LogP contribution in [0.4, 0.5) is 0 Å². The van der Waals surface area contributed by atoms with Gasteiger partial charge in [0.1, 0.15) is 0 Å². The molecular weight excluding hydrogens is 323 g/mol. The summed E-state index contributed by atoms with van der Waals surface area (Å²) in [5, 5.41) is 1.58. The minimum absolute atomic E-state index is 0.812. The maximum Gasteiger partial charge on any atom is 0.0937 e. The topological polar surface area (TPSA) is 0 Å². The minimum Gasteiger partial charge on any atom is -0.103 e. The summed E-state index contributed by atoms with van der Waals surface area (Å²) in [6.45, 7) is 8.75. The fourth-order valence-corrected chi connectivity index (χ4v) is 5.71. The number of hydrogen-bond donors (Lipinski definition) is 0. The highest BCUT2D eigenvalue weighted by Crippen LogP contribution is 2.22. The van der Waals surface area contributed by atoms with Gasteiger partial charge in [-0.3, -0.25) is 0 Å². The summed E-state index contributed by atoms with van der Waals surface area (Å²) >= 11 is 2.65. The first-order chi connectivity index (χ1) is 7.59. The lowest BCUT2D eigenvalue weighted by Crippen LogP contribution is -2.49. The molecule has 1 atom stereocenters. The lowest BCUT2D eigenvalue weighted by molar-refractivity contribution is 0.801. The maximum atomic E-state index is 3.79. The van der Waals surface area contributed by atoms with Crippen LogP contribution in [0, 0.1) is 0 Å². The predicted molar refractivity (Wildman–Crippen MR) is 85.4 cm³/mol. The van der Waals surface area contributed by atoms with Gasteiger partial charge in [-0.2, -0.15) is 0 Å². The summed E-state index contributed by atoms with van der Waals surface area (Å²) in [6, 6.07) is 11.0. The van der Waals surface area contributed by atoms with Gasteiger partial charge in [-0.15, -0.1) is 6.58 Å². The number of alkyl halides is 1. The second-order valence-electron chi connectivity index (χ2n) is 4.77. The van der Waals surface area contributed by atoms with Crippen molar-refractivity contribution in [2.45, 2.75) is 35.9 Å². The Labute approximate surface area is 114 Å². The summed E-state index contributed by atoms with van der Waals surface area (Å²) < 4.78 is 0.812. The first-order valence-corrected chi connectivity index (χ1v) is 10.2. The van der Waals surface area contributed by atoms with Crippen molar-refractivity contribution in [2.24, 2.45) is 0 Å². The Kier molecular flexibility index (Phi) is 5.76. The highest BCUT2D eigenvalue weighted by atomic mass is 127. The van der Waals surface area contributed by atoms with Crippen LogP contribution in [0.2, 0.25) is 13.1 Å². The Morgan fingerprint density at radius 3 is 2.50 bits per heavy atom. The van der Waals surface area contributed by atoms with Gasteiger partial charge in [0.25, 0.3) is 0 Å². The molecule has 0 saturated heterocycles. The second-order valence-corrected chi connectivity index (χ2v) is 12.2. The van der Waals surface area contributed by atoms with E-state index in [1.54, 1.807) is 5.19 Å². The summed E-state index contributed by atoms with van der Waals surface area (Å²) in [6.07, 6.45) is 5.78. The van der Waals surface area contributed by atoms with Crippen molar-refractivity contribution < 1.29 is 0 Å². The number of allylic oxidation sites excluding steroid dienone is 1. The van der Waals surface area contributed by atoms with Crippen LogP contribution in [0.3, 0.4) is 0 Å². The van der Waals surface area contributed by atoms with Gasteiger partial charge in [-0.1, -0.05) is 77.3 Å². The van der Waals surface area contributed by atoms with E-state index in [-0.39, 0.29) is 0 Å². The Balaban J connectivity index is 2.65. The van der Waals surface area contributed by atoms with E-state index in [0.717, 1.165) is 9.97 Å². The third-order valence-electron chi connectivity index (χ3n) is 3.17. The highest BCUT2D eigenvalue weighted by Gasteiger charge is 2.30. The molecule has 0 aliphatic rings. The van der Waals surface area contributed by atoms with Gasteiger partial charge in [-0.25, -0.2) is 0 Å². The first-order valence-electron chi connectivity index (χ1n) is 5.89. The van der Waals surface area contributed by atoms with E-state index in [1.807, 2.05) is 6.08 Å². The van der Waals surface area contributed by atoms with Crippen LogP contribution in [0.1, 0.15) is 19.3 Å². The minimum atomic E-state index is -1.28. The molecule has 0 aromatic heterocycles. The van der Waals surface area contributed by atoms with E-state index >= 15 is 0 Å². The molecule has 0 saturated carbocycles. The second kappa shape index (κ2) is 6.60. The van der Waals surface area contributed by atoms with Crippen molar-refractivity contribution >= 4 is 35.9 Å². The number of hydrogen-bond acceptors (Lipinski definition) is 0. The molecule has 0 amide bonds. The number of unbranched alkanes of at least 4 members (excludes halogenated alkanes) is 1. The molecule has 0 N–H and O–H groups in total. The number of rotatable bonds is 6. The van der Waals surface area contributed by atoms with E-state index in [9.17, 15) is 0 Å². The van der Waals surface area contributed by atoms with Crippen LogP contribution in [0.25, 0.3) is 0 Å². The summed E-state index contributed by atoms with van der Waals surface area (Å²) in [5.74, 6) is 0. The summed E-state index contributed by atoms with van der Waals surface area (Å²) in [5.41, 5.74) is 0. The normalized spacial score (nSPS) is 13.4. The smallest absolute Gasteiger partial charge is 0.0937 e. The molecule has 1 rings (SSSR count). The van der Waals surface area contributed by atoms with E-state index in [0.29, 0.717) is 0 Å². The van der Waals surface area contributed by atoms with E-state index in [1.165, 1.54) is 12.8 Å². The Bertz CT molecular complexity index is 319. The lowest BCUT2D eigenvalue weighted by atomic mass is 10.2. The fourth-order valence-electron chi connectivity index (χ4n) is 1.85. The highest BCUT2D eigenvalue weighted by molar-refractivity contribution is 14.1. The molecule has 0 nitrogen and oxygen atoms in total. The average molecular weight is 344 g/mol. The molecule has 0 heterocycles. The van der Waals surface area contributed by atoms with Crippen molar-refractivity contribution in [3.8, 4) is 0 Å². The zero-order valence-corrected chi connectivity index (χ0v) is 13.4. The maximum absolute atomic E-state index is 3.79. The molecule has 0 radical (unpaired) electrons. The van der Waals surface area contributed by atoms with Crippen LogP contribution in [-0.4, -0.2) is 11.6 Å². The van der Waals surface area contributed by atoms with Crippen molar-refractivity contribution in [1.29, 1.82) is 0 Å². The zero-order chi connectivity index (χ0) is 12.0. The van der Waals surface area contributed by atoms with Gasteiger partial charge in [0.2, 0.25) is 0 Å². The molecule has 1 unspecified atom stereocenters. The zero-order valence-electron chi connectivity index (χ0n) is 10.2. The van der Waals surface area contributed by atoms with Gasteiger partial charge in [0, 0.05) is 3.55 Å². The van der Waals surface area contributed by atoms with E-state index in [2.05, 4.69) is 72.6 Å². The molecule has 0 fully saturated rings. The largest absolute Gasteiger partial charge is 0.103 e. The quantitative estimate of drug-likeness (QED) is 0.237. The monoisotopic (exact) mass is 344 g/mol.